The predicted octanol–water partition coefficient (Wildman–Crippen LogP) is 2.56. The second-order valence-electron chi connectivity index (χ2n) is 6.86. The summed E-state index contributed by atoms with van der Waals surface area (Å²) in [6.07, 6.45) is 5.25. The van der Waals surface area contributed by atoms with Gasteiger partial charge in [0.05, 0.1) is 6.61 Å². The van der Waals surface area contributed by atoms with Crippen LogP contribution in [0.4, 0.5) is 0 Å². The highest BCUT2D eigenvalue weighted by Gasteiger charge is 2.57. The molecule has 1 unspecified atom stereocenters. The Hall–Kier alpha value is -1.10. The number of benzene rings is 1. The second kappa shape index (κ2) is 9.40. The molecule has 1 saturated heterocycles. The molecule has 0 bridgehead atoms. The molecule has 1 heterocycles. The van der Waals surface area contributed by atoms with Gasteiger partial charge in [0.2, 0.25) is 5.91 Å². The molecule has 1 amide bonds. The zero-order valence-electron chi connectivity index (χ0n) is 14.3. The molecule has 1 spiro atoms. The molecule has 1 aromatic rings. The summed E-state index contributed by atoms with van der Waals surface area (Å²) in [5.74, 6) is 0.528. The van der Waals surface area contributed by atoms with Gasteiger partial charge in [-0.1, -0.05) is 30.3 Å². The second-order valence-corrected chi connectivity index (χ2v) is 6.86. The fourth-order valence-electron chi connectivity index (χ4n) is 3.64. The molecule has 1 atom stereocenters. The average Bonchev–Trinajstić information content (AvgIpc) is 3.28. The first-order chi connectivity index (χ1) is 11.3. The Labute approximate surface area is 151 Å². The minimum atomic E-state index is 0. The van der Waals surface area contributed by atoms with Crippen molar-refractivity contribution in [3.05, 3.63) is 35.9 Å². The molecule has 0 radical (unpaired) electrons. The molecule has 1 aliphatic carbocycles. The molecule has 5 heteroatoms. The van der Waals surface area contributed by atoms with E-state index >= 15 is 0 Å². The van der Waals surface area contributed by atoms with Gasteiger partial charge < -0.3 is 15.4 Å². The molecule has 2 N–H and O–H groups in total. The van der Waals surface area contributed by atoms with Gasteiger partial charge in [-0.3, -0.25) is 4.79 Å². The third-order valence-electron chi connectivity index (χ3n) is 5.25. The number of carbonyl (C=O) groups excluding carboxylic acids is 1. The number of nitrogens with one attached hydrogen (secondary N) is 2. The van der Waals surface area contributed by atoms with Crippen LogP contribution >= 0.6 is 12.4 Å². The number of ether oxygens (including phenoxy) is 1. The minimum absolute atomic E-state index is 0. The molecule has 2 fully saturated rings. The van der Waals surface area contributed by atoms with Crippen LogP contribution in [0.15, 0.2) is 30.3 Å². The van der Waals surface area contributed by atoms with Gasteiger partial charge in [-0.2, -0.15) is 0 Å². The minimum Gasteiger partial charge on any atom is -0.381 e. The highest BCUT2D eigenvalue weighted by atomic mass is 35.5. The summed E-state index contributed by atoms with van der Waals surface area (Å²) in [4.78, 5) is 12.2. The van der Waals surface area contributed by atoms with Crippen molar-refractivity contribution in [1.29, 1.82) is 0 Å². The van der Waals surface area contributed by atoms with Crippen LogP contribution in [-0.4, -0.2) is 38.8 Å². The summed E-state index contributed by atoms with van der Waals surface area (Å²) in [6, 6.07) is 10.4. The monoisotopic (exact) mass is 352 g/mol. The number of hydrogen-bond acceptors (Lipinski definition) is 3. The van der Waals surface area contributed by atoms with Gasteiger partial charge in [0.25, 0.3) is 0 Å². The van der Waals surface area contributed by atoms with Gasteiger partial charge in [0.15, 0.2) is 0 Å². The van der Waals surface area contributed by atoms with Gasteiger partial charge in [0.1, 0.15) is 0 Å². The quantitative estimate of drug-likeness (QED) is 0.707. The zero-order chi connectivity index (χ0) is 16.0. The first-order valence-corrected chi connectivity index (χ1v) is 8.90. The van der Waals surface area contributed by atoms with Crippen LogP contribution in [0, 0.1) is 11.3 Å². The first kappa shape index (κ1) is 19.2. The number of hydrogen-bond donors (Lipinski definition) is 2. The maximum atomic E-state index is 12.2. The third-order valence-corrected chi connectivity index (χ3v) is 5.25. The van der Waals surface area contributed by atoms with E-state index in [4.69, 9.17) is 4.74 Å². The van der Waals surface area contributed by atoms with E-state index in [0.29, 0.717) is 12.0 Å². The van der Waals surface area contributed by atoms with Crippen LogP contribution in [0.1, 0.15) is 31.2 Å². The maximum Gasteiger partial charge on any atom is 0.223 e. The van der Waals surface area contributed by atoms with Crippen molar-refractivity contribution in [3.63, 3.8) is 0 Å². The van der Waals surface area contributed by atoms with Crippen molar-refractivity contribution in [3.8, 4) is 0 Å². The maximum absolute atomic E-state index is 12.2. The van der Waals surface area contributed by atoms with Gasteiger partial charge in [-0.05, 0) is 56.2 Å². The molecule has 4 nitrogen and oxygen atoms in total. The lowest BCUT2D eigenvalue weighted by atomic mass is 9.92. The van der Waals surface area contributed by atoms with Crippen LogP contribution in [0.5, 0.6) is 0 Å². The molecule has 1 saturated carbocycles. The predicted molar refractivity (Wildman–Crippen MR) is 98.5 cm³/mol. The summed E-state index contributed by atoms with van der Waals surface area (Å²) in [5, 5.41) is 6.46. The Bertz CT molecular complexity index is 503. The topological polar surface area (TPSA) is 50.4 Å². The number of halogens is 1. The van der Waals surface area contributed by atoms with E-state index in [0.717, 1.165) is 58.3 Å². The lowest BCUT2D eigenvalue weighted by molar-refractivity contribution is -0.123. The normalized spacial score (nSPS) is 21.1. The number of carbonyl (C=O) groups is 1. The van der Waals surface area contributed by atoms with Crippen molar-refractivity contribution in [2.45, 2.75) is 32.1 Å². The Morgan fingerprint density at radius 2 is 1.96 bits per heavy atom. The number of amides is 1. The van der Waals surface area contributed by atoms with Gasteiger partial charge in [-0.25, -0.2) is 0 Å². The molecule has 134 valence electrons. The SMILES string of the molecule is Cl.O=C(NCCCOCCc1ccccc1)C1CC12CCNCC2. The Morgan fingerprint density at radius 3 is 2.71 bits per heavy atom. The van der Waals surface area contributed by atoms with E-state index in [9.17, 15) is 4.79 Å². The molecule has 1 aliphatic heterocycles. The van der Waals surface area contributed by atoms with E-state index in [1.807, 2.05) is 6.07 Å². The molecule has 24 heavy (non-hydrogen) atoms. The van der Waals surface area contributed by atoms with Crippen LogP contribution in [0.3, 0.4) is 0 Å². The summed E-state index contributed by atoms with van der Waals surface area (Å²) < 4.78 is 5.65. The van der Waals surface area contributed by atoms with Crippen molar-refractivity contribution >= 4 is 18.3 Å². The van der Waals surface area contributed by atoms with E-state index in [2.05, 4.69) is 34.9 Å². The average molecular weight is 353 g/mol. The standard InChI is InChI=1S/C19H28N2O2.ClH/c22-18(17-15-19(17)8-11-20-12-9-19)21-10-4-13-23-14-7-16-5-2-1-3-6-16;/h1-3,5-6,17,20H,4,7-15H2,(H,21,22);1H. The lowest BCUT2D eigenvalue weighted by Gasteiger charge is -2.23. The van der Waals surface area contributed by atoms with Crippen LogP contribution in [-0.2, 0) is 16.0 Å². The summed E-state index contributed by atoms with van der Waals surface area (Å²) in [7, 11) is 0. The number of piperidine rings is 1. The van der Waals surface area contributed by atoms with Crippen molar-refractivity contribution in [2.75, 3.05) is 32.8 Å². The molecular weight excluding hydrogens is 324 g/mol. The fraction of sp³-hybridized carbons (Fsp3) is 0.632. The summed E-state index contributed by atoms with van der Waals surface area (Å²) >= 11 is 0. The van der Waals surface area contributed by atoms with Crippen LogP contribution < -0.4 is 10.6 Å². The van der Waals surface area contributed by atoms with Crippen molar-refractivity contribution in [2.24, 2.45) is 11.3 Å². The Balaban J connectivity index is 0.00000208. The highest BCUT2D eigenvalue weighted by Crippen LogP contribution is 2.58. The molecular formula is C19H29ClN2O2. The first-order valence-electron chi connectivity index (χ1n) is 8.90. The molecule has 3 rings (SSSR count). The smallest absolute Gasteiger partial charge is 0.223 e. The molecule has 0 aromatic heterocycles. The highest BCUT2D eigenvalue weighted by molar-refractivity contribution is 5.85. The number of rotatable bonds is 8. The van der Waals surface area contributed by atoms with Crippen molar-refractivity contribution in [1.82, 2.24) is 10.6 Å². The fourth-order valence-corrected chi connectivity index (χ4v) is 3.64. The van der Waals surface area contributed by atoms with Gasteiger partial charge >= 0.3 is 0 Å². The summed E-state index contributed by atoms with van der Waals surface area (Å²) in [5.41, 5.74) is 1.64. The zero-order valence-corrected chi connectivity index (χ0v) is 15.1. The third kappa shape index (κ3) is 5.20. The Morgan fingerprint density at radius 1 is 1.21 bits per heavy atom. The van der Waals surface area contributed by atoms with Gasteiger partial charge in [0, 0.05) is 19.1 Å². The summed E-state index contributed by atoms with van der Waals surface area (Å²) in [6.45, 7) is 4.33. The van der Waals surface area contributed by atoms with E-state index in [-0.39, 0.29) is 24.2 Å². The largest absolute Gasteiger partial charge is 0.381 e. The van der Waals surface area contributed by atoms with Gasteiger partial charge in [-0.15, -0.1) is 12.4 Å². The van der Waals surface area contributed by atoms with Crippen LogP contribution in [0.2, 0.25) is 0 Å². The molecule has 1 aromatic carbocycles. The van der Waals surface area contributed by atoms with E-state index in [1.165, 1.54) is 5.56 Å². The van der Waals surface area contributed by atoms with Crippen LogP contribution in [0.25, 0.3) is 0 Å². The molecule has 2 aliphatic rings. The lowest BCUT2D eigenvalue weighted by Crippen LogP contribution is -2.34. The van der Waals surface area contributed by atoms with E-state index < -0.39 is 0 Å². The van der Waals surface area contributed by atoms with Crippen molar-refractivity contribution < 1.29 is 9.53 Å². The Kier molecular flexibility index (Phi) is 7.53. The van der Waals surface area contributed by atoms with E-state index in [1.54, 1.807) is 0 Å².